The third kappa shape index (κ3) is 3.42. The van der Waals surface area contributed by atoms with Crippen LogP contribution in [0.25, 0.3) is 10.9 Å². The van der Waals surface area contributed by atoms with Gasteiger partial charge in [-0.25, -0.2) is 13.6 Å². The molecule has 7 nitrogen and oxygen atoms in total. The fourth-order valence-corrected chi connectivity index (χ4v) is 4.13. The minimum Gasteiger partial charge on any atom is -0.477 e. The van der Waals surface area contributed by atoms with Gasteiger partial charge in [-0.15, -0.1) is 12.4 Å². The number of benzene rings is 1. The smallest absolute Gasteiger partial charge is 0.341 e. The number of rotatable bonds is 3. The second-order valence-electron chi connectivity index (χ2n) is 7.80. The summed E-state index contributed by atoms with van der Waals surface area (Å²) in [6, 6.07) is -0.103. The van der Waals surface area contributed by atoms with Gasteiger partial charge in [-0.05, 0) is 26.7 Å². The Hall–Kier alpha value is -2.39. The van der Waals surface area contributed by atoms with Crippen molar-refractivity contribution in [3.63, 3.8) is 0 Å². The van der Waals surface area contributed by atoms with Crippen molar-refractivity contribution in [2.24, 2.45) is 0 Å². The topological polar surface area (TPSA) is 101 Å². The normalized spacial score (nSPS) is 21.9. The molecule has 1 aromatic heterocycles. The summed E-state index contributed by atoms with van der Waals surface area (Å²) in [5.41, 5.74) is 3.54. The number of nitrogens with one attached hydrogen (secondary N) is 1. The zero-order valence-electron chi connectivity index (χ0n) is 16.0. The molecule has 2 unspecified atom stereocenters. The molecule has 2 atom stereocenters. The van der Waals surface area contributed by atoms with E-state index in [0.717, 1.165) is 19.0 Å². The Morgan fingerprint density at radius 3 is 2.31 bits per heavy atom. The van der Waals surface area contributed by atoms with Gasteiger partial charge >= 0.3 is 5.97 Å². The highest BCUT2D eigenvalue weighted by Gasteiger charge is 2.34. The first kappa shape index (κ1) is 21.3. The molecule has 2 heterocycles. The summed E-state index contributed by atoms with van der Waals surface area (Å²) >= 11 is 0. The number of carbonyl (C=O) groups is 1. The van der Waals surface area contributed by atoms with Crippen molar-refractivity contribution < 1.29 is 18.7 Å². The number of aromatic carboxylic acids is 1. The number of carboxylic acids is 1. The van der Waals surface area contributed by atoms with Gasteiger partial charge in [0, 0.05) is 37.4 Å². The van der Waals surface area contributed by atoms with Crippen molar-refractivity contribution in [1.82, 2.24) is 9.88 Å². The quantitative estimate of drug-likeness (QED) is 0.649. The number of carboxylic acid groups (broad SMARTS) is 1. The average molecular weight is 429 g/mol. The van der Waals surface area contributed by atoms with E-state index in [4.69, 9.17) is 5.73 Å². The molecule has 2 aliphatic rings. The Kier molecular flexibility index (Phi) is 5.48. The molecular formula is C19H23ClF2N4O3. The maximum absolute atomic E-state index is 15.6. The van der Waals surface area contributed by atoms with Crippen LogP contribution in [-0.2, 0) is 0 Å². The van der Waals surface area contributed by atoms with Crippen molar-refractivity contribution in [3.05, 3.63) is 33.6 Å². The summed E-state index contributed by atoms with van der Waals surface area (Å²) in [6.07, 6.45) is 2.60. The zero-order chi connectivity index (χ0) is 20.3. The standard InChI is InChI=1S/C19H22F2N4O3.ClH/c1-8-5-24(6-9(2)23-8)17-13(20)15(22)12-16(14(17)21)25(10-3-4-10)7-11(18(12)26)19(27)28;/h7-10,23H,3-6,22H2,1-2H3,(H,27,28);1H. The van der Waals surface area contributed by atoms with Gasteiger partial charge in [-0.3, -0.25) is 4.79 Å². The van der Waals surface area contributed by atoms with Crippen LogP contribution in [0.3, 0.4) is 0 Å². The van der Waals surface area contributed by atoms with Gasteiger partial charge in [0.1, 0.15) is 11.3 Å². The summed E-state index contributed by atoms with van der Waals surface area (Å²) in [7, 11) is 0. The molecule has 0 bridgehead atoms. The maximum Gasteiger partial charge on any atom is 0.341 e. The van der Waals surface area contributed by atoms with E-state index in [1.54, 1.807) is 4.90 Å². The first-order valence-corrected chi connectivity index (χ1v) is 9.30. The summed E-state index contributed by atoms with van der Waals surface area (Å²) in [4.78, 5) is 25.7. The molecule has 158 valence electrons. The number of aromatic nitrogens is 1. The lowest BCUT2D eigenvalue weighted by Gasteiger charge is -2.38. The monoisotopic (exact) mass is 428 g/mol. The minimum absolute atomic E-state index is 0. The fraction of sp³-hybridized carbons (Fsp3) is 0.474. The molecule has 10 heteroatoms. The molecule has 0 radical (unpaired) electrons. The number of nitrogen functional groups attached to an aromatic ring is 1. The number of pyridine rings is 1. The van der Waals surface area contributed by atoms with E-state index in [0.29, 0.717) is 13.1 Å². The number of nitrogens with zero attached hydrogens (tertiary/aromatic N) is 2. The van der Waals surface area contributed by atoms with Gasteiger partial charge in [-0.1, -0.05) is 0 Å². The lowest BCUT2D eigenvalue weighted by Crippen LogP contribution is -2.54. The zero-order valence-corrected chi connectivity index (χ0v) is 16.9. The Morgan fingerprint density at radius 2 is 1.79 bits per heavy atom. The molecule has 4 N–H and O–H groups in total. The number of piperazine rings is 1. The number of nitrogens with two attached hydrogens (primary N) is 1. The molecule has 0 spiro atoms. The van der Waals surface area contributed by atoms with E-state index in [-0.39, 0.29) is 41.7 Å². The minimum atomic E-state index is -1.45. The van der Waals surface area contributed by atoms with Gasteiger partial charge in [0.05, 0.1) is 16.6 Å². The van der Waals surface area contributed by atoms with Crippen LogP contribution >= 0.6 is 12.4 Å². The molecule has 29 heavy (non-hydrogen) atoms. The van der Waals surface area contributed by atoms with E-state index in [1.807, 2.05) is 13.8 Å². The number of hydrogen-bond acceptors (Lipinski definition) is 5. The number of hydrogen-bond donors (Lipinski definition) is 3. The van der Waals surface area contributed by atoms with E-state index in [9.17, 15) is 14.7 Å². The van der Waals surface area contributed by atoms with Crippen molar-refractivity contribution in [3.8, 4) is 0 Å². The molecule has 2 aromatic rings. The Balaban J connectivity index is 0.00000240. The molecular weight excluding hydrogens is 406 g/mol. The first-order valence-electron chi connectivity index (χ1n) is 9.30. The van der Waals surface area contributed by atoms with Gasteiger partial charge < -0.3 is 25.6 Å². The molecule has 1 saturated heterocycles. The van der Waals surface area contributed by atoms with E-state index in [2.05, 4.69) is 5.32 Å². The molecule has 4 rings (SSSR count). The van der Waals surface area contributed by atoms with Crippen LogP contribution in [0, 0.1) is 11.6 Å². The molecule has 1 aliphatic carbocycles. The third-order valence-electron chi connectivity index (χ3n) is 5.41. The van der Waals surface area contributed by atoms with Crippen LogP contribution in [0.5, 0.6) is 0 Å². The van der Waals surface area contributed by atoms with Gasteiger partial charge in [-0.2, -0.15) is 0 Å². The summed E-state index contributed by atoms with van der Waals surface area (Å²) in [5, 5.41) is 12.2. The Morgan fingerprint density at radius 1 is 1.21 bits per heavy atom. The third-order valence-corrected chi connectivity index (χ3v) is 5.41. The van der Waals surface area contributed by atoms with E-state index in [1.165, 1.54) is 4.57 Å². The molecule has 2 fully saturated rings. The Bertz CT molecular complexity index is 1040. The highest BCUT2D eigenvalue weighted by Crippen LogP contribution is 2.41. The summed E-state index contributed by atoms with van der Waals surface area (Å²) in [6.45, 7) is 4.60. The average Bonchev–Trinajstić information content (AvgIpc) is 3.43. The molecule has 0 amide bonds. The van der Waals surface area contributed by atoms with E-state index < -0.39 is 39.7 Å². The van der Waals surface area contributed by atoms with Gasteiger partial charge in [0.2, 0.25) is 5.43 Å². The summed E-state index contributed by atoms with van der Waals surface area (Å²) in [5.74, 6) is -3.34. The predicted molar refractivity (Wildman–Crippen MR) is 109 cm³/mol. The number of anilines is 2. The van der Waals surface area contributed by atoms with Crippen LogP contribution in [0.1, 0.15) is 43.1 Å². The van der Waals surface area contributed by atoms with Crippen LogP contribution in [0.15, 0.2) is 11.0 Å². The Labute approximate surface area is 171 Å². The summed E-state index contributed by atoms with van der Waals surface area (Å²) < 4.78 is 32.2. The van der Waals surface area contributed by atoms with Crippen molar-refractivity contribution >= 4 is 40.7 Å². The van der Waals surface area contributed by atoms with Crippen LogP contribution in [0.4, 0.5) is 20.2 Å². The van der Waals surface area contributed by atoms with Crippen molar-refractivity contribution in [1.29, 1.82) is 0 Å². The highest BCUT2D eigenvalue weighted by molar-refractivity contribution is 5.99. The van der Waals surface area contributed by atoms with Crippen molar-refractivity contribution in [2.75, 3.05) is 23.7 Å². The van der Waals surface area contributed by atoms with Crippen LogP contribution in [0.2, 0.25) is 0 Å². The van der Waals surface area contributed by atoms with Crippen molar-refractivity contribution in [2.45, 2.75) is 44.8 Å². The highest BCUT2D eigenvalue weighted by atomic mass is 35.5. The number of halogens is 3. The number of fused-ring (bicyclic) bond motifs is 1. The fourth-order valence-electron chi connectivity index (χ4n) is 4.13. The van der Waals surface area contributed by atoms with E-state index >= 15 is 8.78 Å². The van der Waals surface area contributed by atoms with Crippen LogP contribution < -0.4 is 21.4 Å². The second kappa shape index (κ2) is 7.46. The lowest BCUT2D eigenvalue weighted by atomic mass is 10.0. The first-order chi connectivity index (χ1) is 13.2. The lowest BCUT2D eigenvalue weighted by molar-refractivity contribution is 0.0695. The molecule has 1 aliphatic heterocycles. The predicted octanol–water partition coefficient (Wildman–Crippen LogP) is 2.50. The SMILES string of the molecule is CC1CN(c2c(F)c(N)c3c(=O)c(C(=O)O)cn(C4CC4)c3c2F)CC(C)N1.Cl. The van der Waals surface area contributed by atoms with Gasteiger partial charge in [0.15, 0.2) is 11.6 Å². The molecule has 1 aromatic carbocycles. The second-order valence-corrected chi connectivity index (χ2v) is 7.80. The van der Waals surface area contributed by atoms with Gasteiger partial charge in [0.25, 0.3) is 0 Å². The maximum atomic E-state index is 15.6. The molecule has 1 saturated carbocycles. The van der Waals surface area contributed by atoms with Crippen LogP contribution in [-0.4, -0.2) is 40.8 Å². The largest absolute Gasteiger partial charge is 0.477 e.